The molecule has 1 heterocycles. The number of benzene rings is 1. The van der Waals surface area contributed by atoms with Gasteiger partial charge in [0.2, 0.25) is 0 Å². The van der Waals surface area contributed by atoms with E-state index in [1.54, 1.807) is 12.4 Å². The lowest BCUT2D eigenvalue weighted by Crippen LogP contribution is -2.13. The molecule has 0 saturated heterocycles. The topological polar surface area (TPSA) is 57.3 Å². The average molecular weight is 298 g/mol. The van der Waals surface area contributed by atoms with Gasteiger partial charge in [0.05, 0.1) is 11.3 Å². The second kappa shape index (κ2) is 7.45. The molecule has 5 heteroatoms. The third kappa shape index (κ3) is 4.22. The van der Waals surface area contributed by atoms with E-state index in [1.807, 2.05) is 49.3 Å². The zero-order valence-corrected chi connectivity index (χ0v) is 13.3. The van der Waals surface area contributed by atoms with Gasteiger partial charge in [-0.2, -0.15) is 0 Å². The highest BCUT2D eigenvalue weighted by atomic mass is 16.1. The van der Waals surface area contributed by atoms with Gasteiger partial charge < -0.3 is 15.5 Å². The molecule has 2 N–H and O–H groups in total. The van der Waals surface area contributed by atoms with Crippen molar-refractivity contribution in [2.45, 2.75) is 13.3 Å². The molecule has 1 amide bonds. The number of nitrogens with zero attached hydrogens (tertiary/aromatic N) is 2. The maximum atomic E-state index is 12.3. The largest absolute Gasteiger partial charge is 0.384 e. The van der Waals surface area contributed by atoms with Gasteiger partial charge in [-0.1, -0.05) is 6.92 Å². The Morgan fingerprint density at radius 3 is 2.50 bits per heavy atom. The van der Waals surface area contributed by atoms with E-state index in [0.717, 1.165) is 30.0 Å². The maximum Gasteiger partial charge on any atom is 0.257 e. The first-order valence-electron chi connectivity index (χ1n) is 7.38. The SMILES string of the molecule is CCCNc1cncc(C(=O)Nc2ccc(N(C)C)cc2)c1. The van der Waals surface area contributed by atoms with Crippen LogP contribution in [-0.4, -0.2) is 31.5 Å². The Balaban J connectivity index is 2.05. The molecule has 1 aromatic heterocycles. The van der Waals surface area contributed by atoms with Crippen LogP contribution >= 0.6 is 0 Å². The number of hydrogen-bond acceptors (Lipinski definition) is 4. The Hall–Kier alpha value is -2.56. The van der Waals surface area contributed by atoms with Crippen LogP contribution in [0.3, 0.4) is 0 Å². The quantitative estimate of drug-likeness (QED) is 0.859. The van der Waals surface area contributed by atoms with Crippen LogP contribution in [0.2, 0.25) is 0 Å². The normalized spacial score (nSPS) is 10.1. The van der Waals surface area contributed by atoms with Crippen molar-refractivity contribution < 1.29 is 4.79 Å². The molecule has 0 saturated carbocycles. The van der Waals surface area contributed by atoms with Crippen molar-refractivity contribution in [3.8, 4) is 0 Å². The molecule has 0 unspecified atom stereocenters. The smallest absolute Gasteiger partial charge is 0.257 e. The van der Waals surface area contributed by atoms with E-state index in [-0.39, 0.29) is 5.91 Å². The highest BCUT2D eigenvalue weighted by Crippen LogP contribution is 2.17. The minimum atomic E-state index is -0.162. The van der Waals surface area contributed by atoms with Gasteiger partial charge in [0, 0.05) is 44.4 Å². The van der Waals surface area contributed by atoms with E-state index >= 15 is 0 Å². The van der Waals surface area contributed by atoms with E-state index in [9.17, 15) is 4.79 Å². The minimum absolute atomic E-state index is 0.162. The number of nitrogens with one attached hydrogen (secondary N) is 2. The summed E-state index contributed by atoms with van der Waals surface area (Å²) in [6.07, 6.45) is 4.31. The molecule has 0 spiro atoms. The van der Waals surface area contributed by atoms with Crippen LogP contribution in [0.5, 0.6) is 0 Å². The fourth-order valence-electron chi connectivity index (χ4n) is 1.98. The number of hydrogen-bond donors (Lipinski definition) is 2. The molecule has 0 aliphatic carbocycles. The fourth-order valence-corrected chi connectivity index (χ4v) is 1.98. The van der Waals surface area contributed by atoms with Gasteiger partial charge in [0.25, 0.3) is 5.91 Å². The van der Waals surface area contributed by atoms with Crippen molar-refractivity contribution in [3.63, 3.8) is 0 Å². The summed E-state index contributed by atoms with van der Waals surface area (Å²) < 4.78 is 0. The van der Waals surface area contributed by atoms with Crippen molar-refractivity contribution in [2.24, 2.45) is 0 Å². The van der Waals surface area contributed by atoms with Crippen molar-refractivity contribution in [1.29, 1.82) is 0 Å². The van der Waals surface area contributed by atoms with Crippen LogP contribution < -0.4 is 15.5 Å². The predicted molar refractivity (Wildman–Crippen MR) is 91.7 cm³/mol. The molecule has 22 heavy (non-hydrogen) atoms. The van der Waals surface area contributed by atoms with Gasteiger partial charge in [-0.15, -0.1) is 0 Å². The molecule has 5 nitrogen and oxygen atoms in total. The Bertz CT molecular complexity index is 623. The molecule has 0 fully saturated rings. The van der Waals surface area contributed by atoms with Gasteiger partial charge in [0.1, 0.15) is 0 Å². The Labute approximate surface area is 131 Å². The number of pyridine rings is 1. The third-order valence-corrected chi connectivity index (χ3v) is 3.22. The maximum absolute atomic E-state index is 12.3. The van der Waals surface area contributed by atoms with Gasteiger partial charge in [-0.05, 0) is 36.8 Å². The first kappa shape index (κ1) is 15.8. The summed E-state index contributed by atoms with van der Waals surface area (Å²) in [4.78, 5) is 18.4. The number of amides is 1. The molecule has 2 rings (SSSR count). The second-order valence-corrected chi connectivity index (χ2v) is 5.28. The van der Waals surface area contributed by atoms with Gasteiger partial charge in [-0.25, -0.2) is 0 Å². The molecule has 1 aromatic carbocycles. The Morgan fingerprint density at radius 1 is 1.14 bits per heavy atom. The molecular formula is C17H22N4O. The van der Waals surface area contributed by atoms with E-state index in [4.69, 9.17) is 0 Å². The van der Waals surface area contributed by atoms with Crippen LogP contribution in [0.15, 0.2) is 42.7 Å². The first-order chi connectivity index (χ1) is 10.6. The fraction of sp³-hybridized carbons (Fsp3) is 0.294. The van der Waals surface area contributed by atoms with Crippen LogP contribution in [0.4, 0.5) is 17.1 Å². The Morgan fingerprint density at radius 2 is 1.86 bits per heavy atom. The molecule has 0 aliphatic heterocycles. The monoisotopic (exact) mass is 298 g/mol. The van der Waals surface area contributed by atoms with Crippen molar-refractivity contribution in [1.82, 2.24) is 4.98 Å². The summed E-state index contributed by atoms with van der Waals surface area (Å²) in [6, 6.07) is 9.52. The van der Waals surface area contributed by atoms with Crippen molar-refractivity contribution in [3.05, 3.63) is 48.3 Å². The van der Waals surface area contributed by atoms with Crippen LogP contribution in [0, 0.1) is 0 Å². The van der Waals surface area contributed by atoms with Crippen LogP contribution in [-0.2, 0) is 0 Å². The number of carbonyl (C=O) groups is 1. The van der Waals surface area contributed by atoms with E-state index in [0.29, 0.717) is 5.56 Å². The van der Waals surface area contributed by atoms with E-state index < -0.39 is 0 Å². The summed E-state index contributed by atoms with van der Waals surface area (Å²) in [7, 11) is 3.96. The molecule has 0 aliphatic rings. The number of aromatic nitrogens is 1. The van der Waals surface area contributed by atoms with Gasteiger partial charge in [-0.3, -0.25) is 9.78 Å². The lowest BCUT2D eigenvalue weighted by molar-refractivity contribution is 0.102. The summed E-state index contributed by atoms with van der Waals surface area (Å²) >= 11 is 0. The number of carbonyl (C=O) groups excluding carboxylic acids is 1. The number of anilines is 3. The molecule has 0 radical (unpaired) electrons. The molecule has 0 bridgehead atoms. The third-order valence-electron chi connectivity index (χ3n) is 3.22. The lowest BCUT2D eigenvalue weighted by atomic mass is 10.2. The van der Waals surface area contributed by atoms with E-state index in [1.165, 1.54) is 0 Å². The highest BCUT2D eigenvalue weighted by molar-refractivity contribution is 6.04. The number of rotatable bonds is 6. The van der Waals surface area contributed by atoms with Gasteiger partial charge in [0.15, 0.2) is 0 Å². The summed E-state index contributed by atoms with van der Waals surface area (Å²) in [5.41, 5.74) is 3.25. The van der Waals surface area contributed by atoms with Crippen molar-refractivity contribution >= 4 is 23.0 Å². The standard InChI is InChI=1S/C17H22N4O/c1-4-9-19-15-10-13(11-18-12-15)17(22)20-14-5-7-16(8-6-14)21(2)3/h5-8,10-12,19H,4,9H2,1-3H3,(H,20,22). The zero-order chi connectivity index (χ0) is 15.9. The van der Waals surface area contributed by atoms with Crippen molar-refractivity contribution in [2.75, 3.05) is 36.2 Å². The second-order valence-electron chi connectivity index (χ2n) is 5.28. The minimum Gasteiger partial charge on any atom is -0.384 e. The average Bonchev–Trinajstić information content (AvgIpc) is 2.53. The zero-order valence-electron chi connectivity index (χ0n) is 13.3. The first-order valence-corrected chi connectivity index (χ1v) is 7.38. The van der Waals surface area contributed by atoms with Crippen LogP contribution in [0.1, 0.15) is 23.7 Å². The predicted octanol–water partition coefficient (Wildman–Crippen LogP) is 3.22. The molecule has 0 atom stereocenters. The molecular weight excluding hydrogens is 276 g/mol. The van der Waals surface area contributed by atoms with Gasteiger partial charge >= 0.3 is 0 Å². The summed E-state index contributed by atoms with van der Waals surface area (Å²) in [5.74, 6) is -0.162. The molecule has 2 aromatic rings. The lowest BCUT2D eigenvalue weighted by Gasteiger charge is -2.13. The summed E-state index contributed by atoms with van der Waals surface area (Å²) in [5, 5.41) is 6.11. The Kier molecular flexibility index (Phi) is 5.36. The highest BCUT2D eigenvalue weighted by Gasteiger charge is 2.07. The van der Waals surface area contributed by atoms with Crippen LogP contribution in [0.25, 0.3) is 0 Å². The molecule has 116 valence electrons. The van der Waals surface area contributed by atoms with E-state index in [2.05, 4.69) is 22.5 Å². The summed E-state index contributed by atoms with van der Waals surface area (Å²) in [6.45, 7) is 2.95.